The Bertz CT molecular complexity index is 49.9. The highest BCUT2D eigenvalue weighted by Gasteiger charge is 2.41. The smallest absolute Gasteiger partial charge is 0.0750 e. The topological polar surface area (TPSA) is 15.0 Å². The summed E-state index contributed by atoms with van der Waals surface area (Å²) in [5, 5.41) is 3.21. The lowest BCUT2D eigenvalue weighted by molar-refractivity contribution is 0.319. The summed E-state index contributed by atoms with van der Waals surface area (Å²) in [5.41, 5.74) is 0. The summed E-state index contributed by atoms with van der Waals surface area (Å²) >= 11 is 0. The van der Waals surface area contributed by atoms with Crippen LogP contribution in [0.5, 0.6) is 0 Å². The Morgan fingerprint density at radius 3 is 2.60 bits per heavy atom. The van der Waals surface area contributed by atoms with Crippen molar-refractivity contribution in [2.45, 2.75) is 6.17 Å². The second-order valence-electron chi connectivity index (χ2n) is 1.65. The van der Waals surface area contributed by atoms with E-state index in [-0.39, 0.29) is 0 Å². The molecule has 0 bridgehead atoms. The molecular weight excluding hydrogens is 64.0 g/mol. The highest BCUT2D eigenvalue weighted by Crippen LogP contribution is 2.19. The predicted octanol–water partition coefficient (Wildman–Crippen LogP) is -0.811. The maximum absolute atomic E-state index is 3.21. The highest BCUT2D eigenvalue weighted by atomic mass is 15.6. The summed E-state index contributed by atoms with van der Waals surface area (Å²) < 4.78 is 0. The fourth-order valence-electron chi connectivity index (χ4n) is 0.654. The van der Waals surface area contributed by atoms with E-state index in [4.69, 9.17) is 0 Å². The number of hydrogen-bond acceptors (Lipinski definition) is 2. The minimum absolute atomic E-state index is 0.815. The van der Waals surface area contributed by atoms with Gasteiger partial charge in [0.15, 0.2) is 0 Å². The first-order valence-corrected chi connectivity index (χ1v) is 1.94. The van der Waals surface area contributed by atoms with Crippen LogP contribution in [0.2, 0.25) is 0 Å². The molecule has 0 saturated carbocycles. The van der Waals surface area contributed by atoms with Crippen molar-refractivity contribution in [1.82, 2.24) is 10.2 Å². The Kier molecular flexibility index (Phi) is 0.181. The van der Waals surface area contributed by atoms with Gasteiger partial charge >= 0.3 is 0 Å². The van der Waals surface area contributed by atoms with E-state index in [0.717, 1.165) is 12.8 Å². The van der Waals surface area contributed by atoms with E-state index in [1.807, 2.05) is 0 Å². The van der Waals surface area contributed by atoms with Gasteiger partial charge in [0.2, 0.25) is 0 Å². The molecule has 0 aromatic rings. The maximum atomic E-state index is 3.21. The Labute approximate surface area is 30.8 Å². The largest absolute Gasteiger partial charge is 0.288 e. The van der Waals surface area contributed by atoms with Gasteiger partial charge in [-0.2, -0.15) is 0 Å². The van der Waals surface area contributed by atoms with Crippen molar-refractivity contribution in [2.75, 3.05) is 13.2 Å². The Morgan fingerprint density at radius 2 is 2.60 bits per heavy atom. The molecule has 2 rings (SSSR count). The first-order chi connectivity index (χ1) is 2.47. The molecule has 2 aliphatic rings. The van der Waals surface area contributed by atoms with Gasteiger partial charge in [-0.15, -0.1) is 0 Å². The Morgan fingerprint density at radius 1 is 1.80 bits per heavy atom. The van der Waals surface area contributed by atoms with E-state index < -0.39 is 0 Å². The highest BCUT2D eigenvalue weighted by molar-refractivity contribution is 4.94. The molecule has 0 aliphatic carbocycles. The van der Waals surface area contributed by atoms with Crippen LogP contribution in [-0.2, 0) is 0 Å². The first kappa shape index (κ1) is 2.16. The molecule has 2 aliphatic heterocycles. The average molecular weight is 70.1 g/mol. The van der Waals surface area contributed by atoms with E-state index in [1.165, 1.54) is 6.54 Å². The minimum Gasteiger partial charge on any atom is -0.288 e. The number of fused-ring (bicyclic) bond motifs is 1. The molecule has 2 heteroatoms. The van der Waals surface area contributed by atoms with Gasteiger partial charge in [-0.05, 0) is 0 Å². The summed E-state index contributed by atoms with van der Waals surface area (Å²) in [6.45, 7) is 2.45. The van der Waals surface area contributed by atoms with Crippen LogP contribution in [0.4, 0.5) is 0 Å². The molecule has 2 fully saturated rings. The third-order valence-electron chi connectivity index (χ3n) is 1.24. The summed E-state index contributed by atoms with van der Waals surface area (Å²) in [5.74, 6) is 0. The van der Waals surface area contributed by atoms with Crippen LogP contribution >= 0.6 is 0 Å². The molecule has 0 spiro atoms. The summed E-state index contributed by atoms with van der Waals surface area (Å²) in [4.78, 5) is 2.36. The number of hydrogen-bond donors (Lipinski definition) is 1. The van der Waals surface area contributed by atoms with Crippen LogP contribution in [0.1, 0.15) is 0 Å². The van der Waals surface area contributed by atoms with E-state index >= 15 is 0 Å². The van der Waals surface area contributed by atoms with Crippen molar-refractivity contribution in [2.24, 2.45) is 0 Å². The average Bonchev–Trinajstić information content (AvgIpc) is 1.74. The van der Waals surface area contributed by atoms with Crippen LogP contribution in [0.15, 0.2) is 0 Å². The zero-order chi connectivity index (χ0) is 3.28. The van der Waals surface area contributed by atoms with Crippen molar-refractivity contribution in [3.63, 3.8) is 0 Å². The van der Waals surface area contributed by atoms with Gasteiger partial charge in [0.05, 0.1) is 12.8 Å². The van der Waals surface area contributed by atoms with Crippen molar-refractivity contribution in [1.29, 1.82) is 0 Å². The van der Waals surface area contributed by atoms with Gasteiger partial charge in [-0.3, -0.25) is 10.2 Å². The minimum atomic E-state index is 0.815. The third-order valence-corrected chi connectivity index (χ3v) is 1.24. The summed E-state index contributed by atoms with van der Waals surface area (Å²) in [6, 6.07) is 0. The molecule has 1 unspecified atom stereocenters. The van der Waals surface area contributed by atoms with Gasteiger partial charge in [0, 0.05) is 6.54 Å². The normalized spacial score (nSPS) is 57.6. The molecule has 2 atom stereocenters. The quantitative estimate of drug-likeness (QED) is 0.375. The van der Waals surface area contributed by atoms with Crippen molar-refractivity contribution in [3.05, 3.63) is 0 Å². The molecule has 2 saturated heterocycles. The molecule has 0 aromatic heterocycles. The van der Waals surface area contributed by atoms with Gasteiger partial charge in [-0.1, -0.05) is 0 Å². The van der Waals surface area contributed by atoms with E-state index in [2.05, 4.69) is 10.2 Å². The van der Waals surface area contributed by atoms with Gasteiger partial charge in [0.25, 0.3) is 0 Å². The number of nitrogens with one attached hydrogen (secondary N) is 1. The summed E-state index contributed by atoms with van der Waals surface area (Å²) in [6.07, 6.45) is 0.815. The first-order valence-electron chi connectivity index (χ1n) is 1.94. The summed E-state index contributed by atoms with van der Waals surface area (Å²) in [7, 11) is 0. The Hall–Kier alpha value is -0.0800. The van der Waals surface area contributed by atoms with Gasteiger partial charge in [-0.25, -0.2) is 0 Å². The SMILES string of the molecule is C1N[C@H]2CN12. The monoisotopic (exact) mass is 70.1 g/mol. The molecule has 0 amide bonds. The van der Waals surface area contributed by atoms with E-state index in [0.29, 0.717) is 0 Å². The lowest BCUT2D eigenvalue weighted by Gasteiger charge is -2.12. The van der Waals surface area contributed by atoms with Crippen LogP contribution in [0.25, 0.3) is 0 Å². The van der Waals surface area contributed by atoms with Crippen molar-refractivity contribution < 1.29 is 0 Å². The molecule has 28 valence electrons. The van der Waals surface area contributed by atoms with Crippen LogP contribution in [-0.4, -0.2) is 24.3 Å². The van der Waals surface area contributed by atoms with Crippen LogP contribution in [0.3, 0.4) is 0 Å². The fourth-order valence-corrected chi connectivity index (χ4v) is 0.654. The second kappa shape index (κ2) is 0.420. The van der Waals surface area contributed by atoms with Crippen molar-refractivity contribution in [3.8, 4) is 0 Å². The second-order valence-corrected chi connectivity index (χ2v) is 1.65. The molecule has 0 radical (unpaired) electrons. The number of nitrogens with zero attached hydrogens (tertiary/aromatic N) is 1. The molecule has 2 heterocycles. The van der Waals surface area contributed by atoms with E-state index in [1.54, 1.807) is 0 Å². The molecule has 5 heavy (non-hydrogen) atoms. The molecule has 0 aromatic carbocycles. The zero-order valence-corrected chi connectivity index (χ0v) is 2.94. The standard InChI is InChI=1S/C3H6N2/c1-3-4-2-5(1)3/h3-4H,1-2H2/t3-,5?/m1/s1. The van der Waals surface area contributed by atoms with Gasteiger partial charge < -0.3 is 0 Å². The van der Waals surface area contributed by atoms with Gasteiger partial charge in [0.1, 0.15) is 0 Å². The fraction of sp³-hybridized carbons (Fsp3) is 1.00. The predicted molar refractivity (Wildman–Crippen MR) is 18.5 cm³/mol. The molecular formula is C3H6N2. The third kappa shape index (κ3) is 0.121. The van der Waals surface area contributed by atoms with Crippen LogP contribution in [0, 0.1) is 0 Å². The lowest BCUT2D eigenvalue weighted by atomic mass is 10.7. The Balaban J connectivity index is 2.19. The zero-order valence-electron chi connectivity index (χ0n) is 2.94. The maximum Gasteiger partial charge on any atom is 0.0750 e. The molecule has 2 nitrogen and oxygen atoms in total. The lowest BCUT2D eigenvalue weighted by Crippen LogP contribution is -2.38. The van der Waals surface area contributed by atoms with Crippen LogP contribution < -0.4 is 5.32 Å². The number of rotatable bonds is 0. The van der Waals surface area contributed by atoms with E-state index in [9.17, 15) is 0 Å². The molecule has 1 N–H and O–H groups in total. The van der Waals surface area contributed by atoms with Crippen molar-refractivity contribution >= 4 is 0 Å².